The Morgan fingerprint density at radius 2 is 1.85 bits per heavy atom. The summed E-state index contributed by atoms with van der Waals surface area (Å²) in [5, 5.41) is 2.97. The SMILES string of the molecule is O=C(NC[C@H]1Cc2ccccc2O1)[C@@H]1CC(=O)N(CCc2ccccc2)C1. The van der Waals surface area contributed by atoms with Crippen LogP contribution in [-0.4, -0.2) is 42.5 Å². The van der Waals surface area contributed by atoms with E-state index in [0.29, 0.717) is 26.1 Å². The zero-order chi connectivity index (χ0) is 18.6. The number of hydrogen-bond donors (Lipinski definition) is 1. The van der Waals surface area contributed by atoms with Crippen LogP contribution in [0.15, 0.2) is 54.6 Å². The Morgan fingerprint density at radius 3 is 2.67 bits per heavy atom. The molecule has 2 aliphatic heterocycles. The van der Waals surface area contributed by atoms with Crippen LogP contribution < -0.4 is 10.1 Å². The van der Waals surface area contributed by atoms with Crippen molar-refractivity contribution in [2.24, 2.45) is 5.92 Å². The second-order valence-electron chi connectivity index (χ2n) is 7.27. The van der Waals surface area contributed by atoms with Crippen LogP contribution in [0.5, 0.6) is 5.75 Å². The molecule has 140 valence electrons. The molecule has 1 saturated heterocycles. The summed E-state index contributed by atoms with van der Waals surface area (Å²) in [6, 6.07) is 18.1. The number of carbonyl (C=O) groups is 2. The summed E-state index contributed by atoms with van der Waals surface area (Å²) in [7, 11) is 0. The highest BCUT2D eigenvalue weighted by Gasteiger charge is 2.34. The molecule has 0 unspecified atom stereocenters. The van der Waals surface area contributed by atoms with E-state index in [1.54, 1.807) is 4.90 Å². The molecule has 0 spiro atoms. The first-order valence-electron chi connectivity index (χ1n) is 9.53. The summed E-state index contributed by atoms with van der Waals surface area (Å²) >= 11 is 0. The van der Waals surface area contributed by atoms with E-state index < -0.39 is 0 Å². The molecule has 0 aliphatic carbocycles. The van der Waals surface area contributed by atoms with Gasteiger partial charge in [0.25, 0.3) is 0 Å². The Morgan fingerprint density at radius 1 is 1.07 bits per heavy atom. The van der Waals surface area contributed by atoms with Gasteiger partial charge in [-0.25, -0.2) is 0 Å². The number of ether oxygens (including phenoxy) is 1. The van der Waals surface area contributed by atoms with Gasteiger partial charge in [-0.05, 0) is 23.6 Å². The first kappa shape index (κ1) is 17.6. The monoisotopic (exact) mass is 364 g/mol. The van der Waals surface area contributed by atoms with Gasteiger partial charge in [0.2, 0.25) is 11.8 Å². The molecule has 5 nitrogen and oxygen atoms in total. The molecule has 1 fully saturated rings. The lowest BCUT2D eigenvalue weighted by molar-refractivity contribution is -0.129. The predicted molar refractivity (Wildman–Crippen MR) is 102 cm³/mol. The number of rotatable bonds is 6. The molecule has 2 aliphatic rings. The minimum atomic E-state index is -0.267. The summed E-state index contributed by atoms with van der Waals surface area (Å²) in [6.45, 7) is 1.64. The highest BCUT2D eigenvalue weighted by Crippen LogP contribution is 2.28. The molecule has 2 aromatic carbocycles. The van der Waals surface area contributed by atoms with Gasteiger partial charge in [-0.2, -0.15) is 0 Å². The van der Waals surface area contributed by atoms with Gasteiger partial charge < -0.3 is 15.0 Å². The van der Waals surface area contributed by atoms with Gasteiger partial charge in [0, 0.05) is 25.9 Å². The Hall–Kier alpha value is -2.82. The fraction of sp³-hybridized carbons (Fsp3) is 0.364. The van der Waals surface area contributed by atoms with E-state index in [9.17, 15) is 9.59 Å². The number of carbonyl (C=O) groups excluding carboxylic acids is 2. The first-order valence-corrected chi connectivity index (χ1v) is 9.53. The Bertz CT molecular complexity index is 796. The van der Waals surface area contributed by atoms with E-state index in [2.05, 4.69) is 23.5 Å². The molecule has 27 heavy (non-hydrogen) atoms. The lowest BCUT2D eigenvalue weighted by Crippen LogP contribution is -2.39. The average Bonchev–Trinajstić information content (AvgIpc) is 3.28. The lowest BCUT2D eigenvalue weighted by atomic mass is 10.1. The number of likely N-dealkylation sites (tertiary alicyclic amines) is 1. The standard InChI is InChI=1S/C22H24N2O3/c25-21-13-18(15-24(21)11-10-16-6-2-1-3-7-16)22(26)23-14-19-12-17-8-4-5-9-20(17)27-19/h1-9,18-19H,10-15H2,(H,23,26)/t18-,19-/m1/s1. The number of para-hydroxylation sites is 1. The number of benzene rings is 2. The maximum atomic E-state index is 12.5. The Kier molecular flexibility index (Phi) is 5.10. The molecular weight excluding hydrogens is 340 g/mol. The predicted octanol–water partition coefficient (Wildman–Crippen LogP) is 2.20. The van der Waals surface area contributed by atoms with Crippen molar-refractivity contribution in [3.05, 3.63) is 65.7 Å². The summed E-state index contributed by atoms with van der Waals surface area (Å²) in [4.78, 5) is 26.5. The molecule has 2 atom stereocenters. The zero-order valence-corrected chi connectivity index (χ0v) is 15.3. The largest absolute Gasteiger partial charge is 0.488 e. The lowest BCUT2D eigenvalue weighted by Gasteiger charge is -2.17. The third-order valence-electron chi connectivity index (χ3n) is 5.32. The molecule has 0 saturated carbocycles. The number of nitrogens with zero attached hydrogens (tertiary/aromatic N) is 1. The highest BCUT2D eigenvalue weighted by atomic mass is 16.5. The molecule has 2 heterocycles. The highest BCUT2D eigenvalue weighted by molar-refractivity contribution is 5.89. The van der Waals surface area contributed by atoms with Gasteiger partial charge in [-0.1, -0.05) is 48.5 Å². The molecule has 0 bridgehead atoms. The molecule has 2 aromatic rings. The normalized spacial score (nSPS) is 21.0. The second kappa shape index (κ2) is 7.82. The third kappa shape index (κ3) is 4.13. The second-order valence-corrected chi connectivity index (χ2v) is 7.27. The van der Waals surface area contributed by atoms with Crippen molar-refractivity contribution in [1.82, 2.24) is 10.2 Å². The maximum absolute atomic E-state index is 12.5. The van der Waals surface area contributed by atoms with Crippen LogP contribution in [0.4, 0.5) is 0 Å². The molecular formula is C22H24N2O3. The van der Waals surface area contributed by atoms with E-state index in [-0.39, 0.29) is 23.8 Å². The van der Waals surface area contributed by atoms with Crippen molar-refractivity contribution in [3.8, 4) is 5.75 Å². The zero-order valence-electron chi connectivity index (χ0n) is 15.3. The van der Waals surface area contributed by atoms with Gasteiger partial charge in [-0.3, -0.25) is 9.59 Å². The summed E-state index contributed by atoms with van der Waals surface area (Å²) in [6.07, 6.45) is 1.89. The number of fused-ring (bicyclic) bond motifs is 1. The minimum absolute atomic E-state index is 0.0300. The van der Waals surface area contributed by atoms with Crippen LogP contribution in [0.1, 0.15) is 17.5 Å². The summed E-state index contributed by atoms with van der Waals surface area (Å²) in [5.74, 6) is 0.651. The van der Waals surface area contributed by atoms with Crippen molar-refractivity contribution >= 4 is 11.8 Å². The smallest absolute Gasteiger partial charge is 0.225 e. The van der Waals surface area contributed by atoms with E-state index >= 15 is 0 Å². The number of hydrogen-bond acceptors (Lipinski definition) is 3. The summed E-state index contributed by atoms with van der Waals surface area (Å²) < 4.78 is 5.86. The van der Waals surface area contributed by atoms with Gasteiger partial charge >= 0.3 is 0 Å². The molecule has 0 aromatic heterocycles. The summed E-state index contributed by atoms with van der Waals surface area (Å²) in [5.41, 5.74) is 2.39. The van der Waals surface area contributed by atoms with Gasteiger partial charge in [0.1, 0.15) is 11.9 Å². The van der Waals surface area contributed by atoms with E-state index in [1.165, 1.54) is 11.1 Å². The van der Waals surface area contributed by atoms with Gasteiger partial charge in [-0.15, -0.1) is 0 Å². The quantitative estimate of drug-likeness (QED) is 0.855. The van der Waals surface area contributed by atoms with Crippen LogP contribution in [0.3, 0.4) is 0 Å². The Balaban J connectivity index is 1.23. The maximum Gasteiger partial charge on any atom is 0.225 e. The Labute approximate surface area is 159 Å². The molecule has 2 amide bonds. The van der Waals surface area contributed by atoms with Crippen LogP contribution in [0.25, 0.3) is 0 Å². The van der Waals surface area contributed by atoms with Crippen LogP contribution >= 0.6 is 0 Å². The number of nitrogens with one attached hydrogen (secondary N) is 1. The fourth-order valence-electron chi connectivity index (χ4n) is 3.80. The number of amides is 2. The van der Waals surface area contributed by atoms with Crippen molar-refractivity contribution < 1.29 is 14.3 Å². The van der Waals surface area contributed by atoms with Gasteiger partial charge in [0.05, 0.1) is 12.5 Å². The van der Waals surface area contributed by atoms with Gasteiger partial charge in [0.15, 0.2) is 0 Å². The molecule has 4 rings (SSSR count). The topological polar surface area (TPSA) is 58.6 Å². The van der Waals surface area contributed by atoms with Crippen molar-refractivity contribution in [1.29, 1.82) is 0 Å². The average molecular weight is 364 g/mol. The van der Waals surface area contributed by atoms with Crippen LogP contribution in [0, 0.1) is 5.92 Å². The first-order chi connectivity index (χ1) is 13.2. The minimum Gasteiger partial charge on any atom is -0.488 e. The molecule has 5 heteroatoms. The van der Waals surface area contributed by atoms with Crippen molar-refractivity contribution in [3.63, 3.8) is 0 Å². The van der Waals surface area contributed by atoms with E-state index in [0.717, 1.165) is 18.6 Å². The third-order valence-corrected chi connectivity index (χ3v) is 5.32. The molecule has 0 radical (unpaired) electrons. The fourth-order valence-corrected chi connectivity index (χ4v) is 3.80. The van der Waals surface area contributed by atoms with Crippen molar-refractivity contribution in [2.45, 2.75) is 25.4 Å². The van der Waals surface area contributed by atoms with Crippen LogP contribution in [-0.2, 0) is 22.4 Å². The molecule has 1 N–H and O–H groups in total. The van der Waals surface area contributed by atoms with Crippen LogP contribution in [0.2, 0.25) is 0 Å². The van der Waals surface area contributed by atoms with E-state index in [1.807, 2.05) is 36.4 Å². The van der Waals surface area contributed by atoms with E-state index in [4.69, 9.17) is 4.74 Å². The van der Waals surface area contributed by atoms with Crippen molar-refractivity contribution in [2.75, 3.05) is 19.6 Å².